The van der Waals surface area contributed by atoms with Gasteiger partial charge in [-0.05, 0) is 214 Å². The van der Waals surface area contributed by atoms with Crippen LogP contribution in [0.2, 0.25) is 0 Å². The van der Waals surface area contributed by atoms with E-state index in [1.54, 1.807) is 54.6 Å². The van der Waals surface area contributed by atoms with E-state index in [0.717, 1.165) is 112 Å². The van der Waals surface area contributed by atoms with Gasteiger partial charge in [0.2, 0.25) is 5.82 Å². The molecule has 0 aliphatic heterocycles. The van der Waals surface area contributed by atoms with Gasteiger partial charge >= 0.3 is 29.8 Å². The van der Waals surface area contributed by atoms with E-state index in [1.807, 2.05) is 273 Å². The van der Waals surface area contributed by atoms with Crippen molar-refractivity contribution in [3.63, 3.8) is 0 Å². The van der Waals surface area contributed by atoms with Crippen LogP contribution in [-0.4, -0.2) is 164 Å². The maximum Gasteiger partial charge on any atom is 0.359 e. The first-order valence-electron chi connectivity index (χ1n) is 47.2. The Labute approximate surface area is 875 Å². The molecule has 0 aliphatic rings. The summed E-state index contributed by atoms with van der Waals surface area (Å²) in [5, 5.41) is 38.6. The van der Waals surface area contributed by atoms with E-state index in [1.165, 1.54) is 78.2 Å². The molecule has 36 heteroatoms. The van der Waals surface area contributed by atoms with Gasteiger partial charge in [-0.1, -0.05) is 257 Å². The average molecular weight is 2070 g/mol. The number of rotatable bonds is 26. The van der Waals surface area contributed by atoms with Crippen LogP contribution in [0.3, 0.4) is 0 Å². The highest BCUT2D eigenvalue weighted by molar-refractivity contribution is 7.98. The Balaban J connectivity index is 0.000000132. The zero-order chi connectivity index (χ0) is 105. The number of nitrogens with zero attached hydrogens (tertiary/aromatic N) is 20. The van der Waals surface area contributed by atoms with E-state index in [0.29, 0.717) is 84.2 Å². The minimum atomic E-state index is -1.08. The van der Waals surface area contributed by atoms with E-state index in [4.69, 9.17) is 38.4 Å². The lowest BCUT2D eigenvalue weighted by atomic mass is 10.0. The Kier molecular flexibility index (Phi) is 33.4. The maximum atomic E-state index is 12.6. The summed E-state index contributed by atoms with van der Waals surface area (Å²) in [7, 11) is 2.67. The first-order chi connectivity index (χ1) is 71.5. The predicted octanol–water partition coefficient (Wildman–Crippen LogP) is 25.3. The Hall–Kier alpha value is -16.7. The molecule has 20 aromatic rings. The number of benzene rings is 10. The van der Waals surface area contributed by atoms with Crippen LogP contribution in [0, 0.1) is 48.5 Å². The third-order valence-electron chi connectivity index (χ3n) is 23.2. The van der Waals surface area contributed by atoms with Gasteiger partial charge in [0.15, 0.2) is 71.8 Å². The molecule has 0 atom stereocenters. The fourth-order valence-electron chi connectivity index (χ4n) is 15.9. The zero-order valence-corrected chi connectivity index (χ0v) is 88.2. The van der Waals surface area contributed by atoms with Crippen LogP contribution in [0.5, 0.6) is 0 Å². The highest BCUT2D eigenvalue weighted by Crippen LogP contribution is 2.39. The molecule has 0 unspecified atom stereocenters. The number of para-hydroxylation sites is 5. The molecule has 0 bridgehead atoms. The minimum Gasteiger partial charge on any atom is -0.476 e. The third-order valence-corrected chi connectivity index (χ3v) is 26.5. The molecule has 0 spiro atoms. The number of carbonyl (C=O) groups excluding carboxylic acids is 4. The van der Waals surface area contributed by atoms with E-state index in [9.17, 15) is 29.1 Å². The first-order valence-corrected chi connectivity index (χ1v) is 51.7. The highest BCUT2D eigenvalue weighted by atomic mass is 32.2. The van der Waals surface area contributed by atoms with Gasteiger partial charge in [0.1, 0.15) is 34.4 Å². The molecule has 1 N–H and O–H groups in total. The number of aromatic nitrogens is 20. The van der Waals surface area contributed by atoms with Crippen LogP contribution < -0.4 is 0 Å². The number of esters is 4. The largest absolute Gasteiger partial charge is 0.476 e. The zero-order valence-electron chi connectivity index (χ0n) is 84.1. The van der Waals surface area contributed by atoms with Gasteiger partial charge in [0, 0.05) is 58.1 Å². The predicted molar refractivity (Wildman–Crippen MR) is 579 cm³/mol. The fourth-order valence-corrected chi connectivity index (χ4v) is 18.9. The molecule has 0 amide bonds. The number of carboxylic acid groups (broad SMARTS) is 1. The Bertz CT molecular complexity index is 8170. The molecule has 10 heterocycles. The normalized spacial score (nSPS) is 11.0. The topological polar surface area (TPSA) is 374 Å². The number of hydrogen-bond donors (Lipinski definition) is 1. The summed E-state index contributed by atoms with van der Waals surface area (Å²) in [4.78, 5) is 84.1. The standard InChI is InChI=1S/C24H24N4O2S2.C24H24N4O2S.C23H22N4O3.C21H18N4O2S.C20H16N4O2S/c1-15(2)18-10-5-6-11-20(18)28-21(13-19(26-28)24(29)30-14-31-4)23-25-22(27-32-23)17-9-7-8-16(3)12-17;1-5-30-24(29)19-14-21(28(26-19)20-12-7-6-11-18(20)15(2)3)23-25-22(27-31-23)17-10-8-9-16(4)13-17;1-14(2)17-10-5-6-11-19(17)27-20(13-18(25-27)23(28)29-4)22-24-21(26-30-22)16-9-7-8-15(3)12-16;1-13-7-6-9-15(11-13)19-22-20(28-24-19)18-12-16(21(26)27-3)23-25(18)17-10-5-4-8-14(17)2;1-12-6-5-8-14(10-12)18-21-19(27-23-18)17-11-15(20(25)26)22-24(17)16-9-4-3-7-13(16)2/h5-13,15H,14H2,1-4H3;6-15H,5H2,1-4H3;5-14H,1-4H3;4-12H,1-3H3;3-11H,1-2H3,(H,25,26). The monoisotopic (exact) mass is 2060 g/mol. The van der Waals surface area contributed by atoms with Crippen LogP contribution >= 0.6 is 57.9 Å². The number of carboxylic acids is 1. The summed E-state index contributed by atoms with van der Waals surface area (Å²) in [6.07, 6.45) is 1.88. The fraction of sp³-hybridized carbons (Fsp3) is 0.196. The van der Waals surface area contributed by atoms with E-state index < -0.39 is 29.8 Å². The Morgan fingerprint density at radius 1 is 0.331 bits per heavy atom. The first kappa shape index (κ1) is 104. The summed E-state index contributed by atoms with van der Waals surface area (Å²) < 4.78 is 52.4. The SMILES string of the molecule is CCOC(=O)c1cc(-c2nc(-c3cccc(C)c3)ns2)n(-c2ccccc2C(C)C)n1.COC(=O)c1cc(-c2nc(-c3cccc(C)c3)no2)n(-c2ccccc2C(C)C)n1.COC(=O)c1cc(-c2nc(-c3cccc(C)c3)ns2)n(-c2ccccc2C)n1.CSCOC(=O)c1cc(-c2nc(-c3cccc(C)c3)ns2)n(-c2ccccc2C(C)C)n1.Cc1cccc(-c2nsc(-c3cc(C(=O)O)nn3-c3ccccc3C)n2)c1. The lowest BCUT2D eigenvalue weighted by molar-refractivity contribution is 0.0515. The van der Waals surface area contributed by atoms with Crippen molar-refractivity contribution >= 4 is 87.7 Å². The second kappa shape index (κ2) is 47.5. The van der Waals surface area contributed by atoms with Crippen molar-refractivity contribution in [3.8, 4) is 140 Å². The number of thioether (sulfide) groups is 1. The third kappa shape index (κ3) is 24.3. The lowest BCUT2D eigenvalue weighted by Gasteiger charge is -2.14. The molecule has 148 heavy (non-hydrogen) atoms. The van der Waals surface area contributed by atoms with Gasteiger partial charge in [-0.15, -0.1) is 11.8 Å². The number of carbonyl (C=O) groups is 5. The molecular weight excluding hydrogens is 1960 g/mol. The van der Waals surface area contributed by atoms with Crippen LogP contribution in [-0.2, 0) is 18.9 Å². The molecule has 10 aromatic carbocycles. The quantitative estimate of drug-likeness (QED) is 0.0299. The summed E-state index contributed by atoms with van der Waals surface area (Å²) in [6.45, 7) is 28.9. The number of aryl methyl sites for hydroxylation is 7. The van der Waals surface area contributed by atoms with Crippen molar-refractivity contribution in [2.45, 2.75) is 115 Å². The summed E-state index contributed by atoms with van der Waals surface area (Å²) in [5.74, 6) is 1.43. The maximum absolute atomic E-state index is 12.6. The Morgan fingerprint density at radius 3 is 0.912 bits per heavy atom. The van der Waals surface area contributed by atoms with Crippen molar-refractivity contribution < 1.29 is 52.5 Å². The Morgan fingerprint density at radius 2 is 0.608 bits per heavy atom. The highest BCUT2D eigenvalue weighted by Gasteiger charge is 2.30. The van der Waals surface area contributed by atoms with Crippen molar-refractivity contribution in [1.82, 2.24) is 96.5 Å². The van der Waals surface area contributed by atoms with Gasteiger partial charge in [0.25, 0.3) is 5.89 Å². The smallest absolute Gasteiger partial charge is 0.359 e. The number of ether oxygens (including phenoxy) is 4. The van der Waals surface area contributed by atoms with E-state index >= 15 is 0 Å². The summed E-state index contributed by atoms with van der Waals surface area (Å²) >= 11 is 6.53. The summed E-state index contributed by atoms with van der Waals surface area (Å²) in [6, 6.07) is 87.9. The molecule has 10 aromatic heterocycles. The van der Waals surface area contributed by atoms with E-state index in [2.05, 4.69) is 124 Å². The van der Waals surface area contributed by atoms with Crippen LogP contribution in [0.25, 0.3) is 140 Å². The van der Waals surface area contributed by atoms with Crippen LogP contribution in [0.1, 0.15) is 174 Å². The van der Waals surface area contributed by atoms with Crippen molar-refractivity contribution in [2.24, 2.45) is 0 Å². The van der Waals surface area contributed by atoms with Gasteiger partial charge in [0.05, 0.1) is 49.3 Å². The van der Waals surface area contributed by atoms with E-state index in [-0.39, 0.29) is 58.1 Å². The molecule has 0 radical (unpaired) electrons. The molecule has 0 aliphatic carbocycles. The van der Waals surface area contributed by atoms with Gasteiger partial charge in [-0.25, -0.2) is 67.3 Å². The van der Waals surface area contributed by atoms with Crippen LogP contribution in [0.4, 0.5) is 0 Å². The molecule has 0 fully saturated rings. The second-order valence-corrected chi connectivity index (χ2v) is 39.0. The number of methoxy groups -OCH3 is 2. The van der Waals surface area contributed by atoms with Crippen LogP contribution in [0.15, 0.2) is 278 Å². The minimum absolute atomic E-state index is 0.0273. The van der Waals surface area contributed by atoms with Gasteiger partial charge in [-0.2, -0.15) is 48.0 Å². The lowest BCUT2D eigenvalue weighted by Crippen LogP contribution is -2.08. The van der Waals surface area contributed by atoms with Gasteiger partial charge < -0.3 is 28.6 Å². The van der Waals surface area contributed by atoms with Crippen molar-refractivity contribution in [3.05, 3.63) is 357 Å². The molecular formula is C112H104N20O11S5. The van der Waals surface area contributed by atoms with Gasteiger partial charge in [-0.3, -0.25) is 0 Å². The molecule has 31 nitrogen and oxygen atoms in total. The summed E-state index contributed by atoms with van der Waals surface area (Å²) in [5.41, 5.74) is 24.2. The molecule has 20 rings (SSSR count). The van der Waals surface area contributed by atoms with Crippen molar-refractivity contribution in [2.75, 3.05) is 33.0 Å². The second-order valence-electron chi connectivity index (χ2n) is 35.2. The molecule has 748 valence electrons. The number of aromatic carboxylic acids is 1. The number of hydrogen-bond acceptors (Lipinski definition) is 30. The molecule has 0 saturated heterocycles. The average Bonchev–Trinajstić information content (AvgIpc) is 1.63. The van der Waals surface area contributed by atoms with Crippen molar-refractivity contribution in [1.29, 1.82) is 0 Å². The molecule has 0 saturated carbocycles.